The van der Waals surface area contributed by atoms with E-state index in [9.17, 15) is 4.79 Å². The lowest BCUT2D eigenvalue weighted by atomic mass is 9.97. The van der Waals surface area contributed by atoms with Crippen molar-refractivity contribution in [3.8, 4) is 11.5 Å². The minimum atomic E-state index is -0.0129. The Kier molecular flexibility index (Phi) is 4.46. The molecular weight excluding hydrogens is 240 g/mol. The summed E-state index contributed by atoms with van der Waals surface area (Å²) in [7, 11) is 0. The van der Waals surface area contributed by atoms with Crippen LogP contribution in [0.1, 0.15) is 50.7 Å². The first kappa shape index (κ1) is 13.9. The van der Waals surface area contributed by atoms with Crippen molar-refractivity contribution in [1.82, 2.24) is 0 Å². The lowest BCUT2D eigenvalue weighted by molar-refractivity contribution is -0.122. The van der Waals surface area contributed by atoms with Crippen molar-refractivity contribution in [1.29, 1.82) is 0 Å². The third-order valence-corrected chi connectivity index (χ3v) is 3.35. The lowest BCUT2D eigenvalue weighted by Gasteiger charge is -2.16. The van der Waals surface area contributed by atoms with Crippen LogP contribution in [0.2, 0.25) is 0 Å². The zero-order valence-corrected chi connectivity index (χ0v) is 12.0. The summed E-state index contributed by atoms with van der Waals surface area (Å²) in [6.45, 7) is 6.68. The van der Waals surface area contributed by atoms with E-state index < -0.39 is 0 Å². The van der Waals surface area contributed by atoms with Gasteiger partial charge in [0.15, 0.2) is 24.7 Å². The second kappa shape index (κ2) is 6.09. The van der Waals surface area contributed by atoms with E-state index in [0.29, 0.717) is 5.92 Å². The fraction of sp³-hybridized carbons (Fsp3) is 0.562. The third kappa shape index (κ3) is 3.28. The zero-order valence-electron chi connectivity index (χ0n) is 12.0. The molecule has 0 spiro atoms. The van der Waals surface area contributed by atoms with Gasteiger partial charge in [0.1, 0.15) is 0 Å². The van der Waals surface area contributed by atoms with Crippen LogP contribution in [0.5, 0.6) is 11.5 Å². The van der Waals surface area contributed by atoms with E-state index in [1.54, 1.807) is 0 Å². The summed E-state index contributed by atoms with van der Waals surface area (Å²) in [4.78, 5) is 11.4. The number of unbranched alkanes of at least 4 members (excludes halogenated alkanes) is 1. The summed E-state index contributed by atoms with van der Waals surface area (Å²) < 4.78 is 11.2. The maximum absolute atomic E-state index is 11.4. The van der Waals surface area contributed by atoms with Gasteiger partial charge in [0.2, 0.25) is 5.78 Å². The molecule has 1 aliphatic heterocycles. The molecule has 0 amide bonds. The minimum Gasteiger partial charge on any atom is -0.482 e. The monoisotopic (exact) mass is 262 g/mol. The molecule has 3 nitrogen and oxygen atoms in total. The van der Waals surface area contributed by atoms with Crippen molar-refractivity contribution in [2.45, 2.75) is 46.0 Å². The van der Waals surface area contributed by atoms with E-state index in [-0.39, 0.29) is 19.0 Å². The number of benzene rings is 1. The Hall–Kier alpha value is -1.51. The van der Waals surface area contributed by atoms with Crippen LogP contribution in [0, 0.1) is 0 Å². The number of rotatable bonds is 4. The highest BCUT2D eigenvalue weighted by atomic mass is 16.5. The van der Waals surface area contributed by atoms with E-state index >= 15 is 0 Å². The summed E-state index contributed by atoms with van der Waals surface area (Å²) >= 11 is 0. The number of fused-ring (bicyclic) bond motifs is 1. The minimum absolute atomic E-state index is 0.0129. The maximum atomic E-state index is 11.4. The van der Waals surface area contributed by atoms with Crippen LogP contribution in [0.15, 0.2) is 12.1 Å². The molecule has 0 aromatic heterocycles. The Labute approximate surface area is 114 Å². The van der Waals surface area contributed by atoms with Crippen LogP contribution in [-0.2, 0) is 11.2 Å². The van der Waals surface area contributed by atoms with Gasteiger partial charge < -0.3 is 9.47 Å². The largest absolute Gasteiger partial charge is 0.482 e. The summed E-state index contributed by atoms with van der Waals surface area (Å²) in [5, 5.41) is 0. The first-order valence-corrected chi connectivity index (χ1v) is 7.06. The summed E-state index contributed by atoms with van der Waals surface area (Å²) in [6.07, 6.45) is 3.38. The fourth-order valence-electron chi connectivity index (χ4n) is 2.25. The highest BCUT2D eigenvalue weighted by Gasteiger charge is 2.21. The number of ether oxygens (including phenoxy) is 2. The van der Waals surface area contributed by atoms with Gasteiger partial charge in [0.05, 0.1) is 0 Å². The highest BCUT2D eigenvalue weighted by molar-refractivity contribution is 5.82. The van der Waals surface area contributed by atoms with Crippen LogP contribution in [0.4, 0.5) is 0 Å². The second-order valence-electron chi connectivity index (χ2n) is 5.39. The molecule has 0 saturated heterocycles. The van der Waals surface area contributed by atoms with Gasteiger partial charge in [-0.1, -0.05) is 33.3 Å². The smallest absolute Gasteiger partial charge is 0.207 e. The average Bonchev–Trinajstić information content (AvgIpc) is 2.58. The van der Waals surface area contributed by atoms with Gasteiger partial charge in [-0.15, -0.1) is 0 Å². The molecule has 1 heterocycles. The standard InChI is InChI=1S/C16H22O3/c1-4-5-6-12-7-14(11(2)3)16-15(8-12)18-9-13(17)10-19-16/h7-8,11H,4-6,9-10H2,1-3H3. The van der Waals surface area contributed by atoms with Crippen LogP contribution >= 0.6 is 0 Å². The molecule has 2 rings (SSSR count). The van der Waals surface area contributed by atoms with Gasteiger partial charge in [0.25, 0.3) is 0 Å². The van der Waals surface area contributed by atoms with Crippen LogP contribution in [0.3, 0.4) is 0 Å². The van der Waals surface area contributed by atoms with Gasteiger partial charge >= 0.3 is 0 Å². The molecule has 0 aliphatic carbocycles. The predicted octanol–water partition coefficient (Wildman–Crippen LogP) is 3.49. The van der Waals surface area contributed by atoms with Crippen molar-refractivity contribution < 1.29 is 14.3 Å². The SMILES string of the molecule is CCCCc1cc2c(c(C(C)C)c1)OCC(=O)CO2. The summed E-state index contributed by atoms with van der Waals surface area (Å²) in [6, 6.07) is 4.22. The van der Waals surface area contributed by atoms with E-state index in [2.05, 4.69) is 26.8 Å². The Balaban J connectivity index is 2.38. The Morgan fingerprint density at radius 2 is 1.95 bits per heavy atom. The van der Waals surface area contributed by atoms with E-state index in [0.717, 1.165) is 29.9 Å². The van der Waals surface area contributed by atoms with Crippen molar-refractivity contribution in [2.24, 2.45) is 0 Å². The quantitative estimate of drug-likeness (QED) is 0.833. The molecule has 0 atom stereocenters. The molecule has 1 aliphatic rings. The Bertz CT molecular complexity index is 463. The second-order valence-corrected chi connectivity index (χ2v) is 5.39. The number of carbonyl (C=O) groups is 1. The predicted molar refractivity (Wildman–Crippen MR) is 75.1 cm³/mol. The molecule has 0 saturated carbocycles. The molecule has 0 unspecified atom stereocenters. The summed E-state index contributed by atoms with van der Waals surface area (Å²) in [5.74, 6) is 1.82. The van der Waals surface area contributed by atoms with Crippen LogP contribution in [-0.4, -0.2) is 19.0 Å². The molecule has 19 heavy (non-hydrogen) atoms. The van der Waals surface area contributed by atoms with Crippen molar-refractivity contribution in [3.05, 3.63) is 23.3 Å². The molecule has 3 heteroatoms. The highest BCUT2D eigenvalue weighted by Crippen LogP contribution is 2.38. The van der Waals surface area contributed by atoms with Gasteiger partial charge in [0, 0.05) is 5.56 Å². The molecule has 0 fully saturated rings. The number of aryl methyl sites for hydroxylation is 1. The molecule has 104 valence electrons. The summed E-state index contributed by atoms with van der Waals surface area (Å²) in [5.41, 5.74) is 2.40. The lowest BCUT2D eigenvalue weighted by Crippen LogP contribution is -2.15. The fourth-order valence-corrected chi connectivity index (χ4v) is 2.25. The normalized spacial score (nSPS) is 14.6. The Morgan fingerprint density at radius 1 is 1.21 bits per heavy atom. The first-order chi connectivity index (χ1) is 9.11. The number of Topliss-reactive ketones (excluding diaryl/α,β-unsaturated/α-hetero) is 1. The molecule has 1 aromatic carbocycles. The van der Waals surface area contributed by atoms with Crippen molar-refractivity contribution >= 4 is 5.78 Å². The van der Waals surface area contributed by atoms with Crippen molar-refractivity contribution in [2.75, 3.05) is 13.2 Å². The molecule has 0 radical (unpaired) electrons. The van der Waals surface area contributed by atoms with E-state index in [4.69, 9.17) is 9.47 Å². The van der Waals surface area contributed by atoms with Gasteiger partial charge in [-0.05, 0) is 30.4 Å². The third-order valence-electron chi connectivity index (χ3n) is 3.35. The van der Waals surface area contributed by atoms with Gasteiger partial charge in [-0.25, -0.2) is 0 Å². The van der Waals surface area contributed by atoms with Crippen LogP contribution in [0.25, 0.3) is 0 Å². The zero-order chi connectivity index (χ0) is 13.8. The average molecular weight is 262 g/mol. The number of hydrogen-bond donors (Lipinski definition) is 0. The number of hydrogen-bond acceptors (Lipinski definition) is 3. The van der Waals surface area contributed by atoms with Crippen LogP contribution < -0.4 is 9.47 Å². The molecule has 1 aromatic rings. The number of ketones is 1. The first-order valence-electron chi connectivity index (χ1n) is 7.06. The topological polar surface area (TPSA) is 35.5 Å². The van der Waals surface area contributed by atoms with E-state index in [1.807, 2.05) is 6.07 Å². The molecule has 0 N–H and O–H groups in total. The Morgan fingerprint density at radius 3 is 2.63 bits per heavy atom. The van der Waals surface area contributed by atoms with Gasteiger partial charge in [-0.2, -0.15) is 0 Å². The van der Waals surface area contributed by atoms with Crippen molar-refractivity contribution in [3.63, 3.8) is 0 Å². The number of carbonyl (C=O) groups excluding carboxylic acids is 1. The van der Waals surface area contributed by atoms with Gasteiger partial charge in [-0.3, -0.25) is 4.79 Å². The van der Waals surface area contributed by atoms with E-state index in [1.165, 1.54) is 12.0 Å². The maximum Gasteiger partial charge on any atom is 0.207 e. The molecule has 0 bridgehead atoms. The molecular formula is C16H22O3.